The van der Waals surface area contributed by atoms with Crippen LogP contribution in [0.1, 0.15) is 30.4 Å². The van der Waals surface area contributed by atoms with E-state index in [-0.39, 0.29) is 5.56 Å². The molecule has 0 N–H and O–H groups in total. The Morgan fingerprint density at radius 3 is 2.18 bits per heavy atom. The molecule has 2 aromatic carbocycles. The second kappa shape index (κ2) is 8.81. The maximum Gasteiger partial charge on any atom is 0.275 e. The molecule has 0 spiro atoms. The van der Waals surface area contributed by atoms with E-state index in [0.717, 1.165) is 60.4 Å². The molecule has 1 aliphatic carbocycles. The Morgan fingerprint density at radius 1 is 0.818 bits per heavy atom. The second-order valence-corrected chi connectivity index (χ2v) is 8.53. The molecule has 0 amide bonds. The molecule has 5 rings (SSSR count). The highest BCUT2D eigenvalue weighted by molar-refractivity contribution is 5.69. The van der Waals surface area contributed by atoms with Gasteiger partial charge in [-0.05, 0) is 68.0 Å². The molecule has 172 valence electrons. The Morgan fingerprint density at radius 2 is 1.52 bits per heavy atom. The van der Waals surface area contributed by atoms with Gasteiger partial charge in [0.05, 0.1) is 27.0 Å². The van der Waals surface area contributed by atoms with Gasteiger partial charge in [0.25, 0.3) is 5.56 Å². The molecule has 0 radical (unpaired) electrons. The SMILES string of the molecule is COc1cc(OC)cc(-c2nn(-c3cc(N4CCCC4)ccc3OC)c(=O)c3c2CCC3)c1. The third-order valence-electron chi connectivity index (χ3n) is 6.64. The fourth-order valence-corrected chi connectivity index (χ4v) is 4.93. The van der Waals surface area contributed by atoms with Gasteiger partial charge < -0.3 is 19.1 Å². The van der Waals surface area contributed by atoms with Gasteiger partial charge in [-0.15, -0.1) is 0 Å². The zero-order valence-corrected chi connectivity index (χ0v) is 19.4. The first-order chi connectivity index (χ1) is 16.1. The predicted molar refractivity (Wildman–Crippen MR) is 128 cm³/mol. The summed E-state index contributed by atoms with van der Waals surface area (Å²) < 4.78 is 18.1. The summed E-state index contributed by atoms with van der Waals surface area (Å²) in [5.41, 5.74) is 5.18. The number of nitrogens with zero attached hydrogens (tertiary/aromatic N) is 3. The van der Waals surface area contributed by atoms with Crippen molar-refractivity contribution in [3.05, 3.63) is 57.9 Å². The van der Waals surface area contributed by atoms with Crippen LogP contribution in [-0.4, -0.2) is 44.2 Å². The molecular formula is C26H29N3O4. The Kier molecular flexibility index (Phi) is 5.70. The molecule has 7 heteroatoms. The standard InChI is InChI=1S/C26H29N3O4/c1-31-19-13-17(14-20(16-19)32-2)25-21-7-6-8-22(21)26(30)29(27-25)23-15-18(9-10-24(23)33-3)28-11-4-5-12-28/h9-10,13-16H,4-8,11-12H2,1-3H3. The summed E-state index contributed by atoms with van der Waals surface area (Å²) >= 11 is 0. The first-order valence-electron chi connectivity index (χ1n) is 11.4. The van der Waals surface area contributed by atoms with Crippen LogP contribution in [0.25, 0.3) is 16.9 Å². The zero-order chi connectivity index (χ0) is 22.9. The van der Waals surface area contributed by atoms with Crippen LogP contribution in [0, 0.1) is 0 Å². The van der Waals surface area contributed by atoms with Crippen molar-refractivity contribution >= 4 is 5.69 Å². The predicted octanol–water partition coefficient (Wildman–Crippen LogP) is 4.01. The molecule has 1 aliphatic heterocycles. The molecule has 7 nitrogen and oxygen atoms in total. The van der Waals surface area contributed by atoms with E-state index in [4.69, 9.17) is 19.3 Å². The highest BCUT2D eigenvalue weighted by Gasteiger charge is 2.25. The Labute approximate surface area is 193 Å². The smallest absolute Gasteiger partial charge is 0.275 e. The van der Waals surface area contributed by atoms with Crippen molar-refractivity contribution in [1.82, 2.24) is 9.78 Å². The van der Waals surface area contributed by atoms with E-state index >= 15 is 0 Å². The van der Waals surface area contributed by atoms with E-state index in [1.165, 1.54) is 17.5 Å². The van der Waals surface area contributed by atoms with Crippen molar-refractivity contribution in [2.24, 2.45) is 0 Å². The average molecular weight is 448 g/mol. The summed E-state index contributed by atoms with van der Waals surface area (Å²) in [7, 11) is 4.89. The van der Waals surface area contributed by atoms with Crippen molar-refractivity contribution in [2.75, 3.05) is 39.3 Å². The van der Waals surface area contributed by atoms with Crippen molar-refractivity contribution in [3.8, 4) is 34.2 Å². The quantitative estimate of drug-likeness (QED) is 0.569. The van der Waals surface area contributed by atoms with Gasteiger partial charge in [0.2, 0.25) is 0 Å². The van der Waals surface area contributed by atoms with Gasteiger partial charge in [-0.1, -0.05) is 0 Å². The molecule has 33 heavy (non-hydrogen) atoms. The highest BCUT2D eigenvalue weighted by atomic mass is 16.5. The van der Waals surface area contributed by atoms with Gasteiger partial charge in [-0.3, -0.25) is 4.79 Å². The number of rotatable bonds is 6. The van der Waals surface area contributed by atoms with Crippen molar-refractivity contribution in [1.29, 1.82) is 0 Å². The van der Waals surface area contributed by atoms with Crippen LogP contribution in [0.3, 0.4) is 0 Å². The molecule has 0 saturated carbocycles. The van der Waals surface area contributed by atoms with Gasteiger partial charge in [0.15, 0.2) is 0 Å². The monoisotopic (exact) mass is 447 g/mol. The molecule has 1 fully saturated rings. The maximum absolute atomic E-state index is 13.6. The Hall–Kier alpha value is -3.48. The zero-order valence-electron chi connectivity index (χ0n) is 19.4. The fourth-order valence-electron chi connectivity index (χ4n) is 4.93. The number of benzene rings is 2. The molecule has 2 heterocycles. The lowest BCUT2D eigenvalue weighted by molar-refractivity contribution is 0.394. The molecular weight excluding hydrogens is 418 g/mol. The van der Waals surface area contributed by atoms with Crippen LogP contribution in [0.5, 0.6) is 17.2 Å². The fraction of sp³-hybridized carbons (Fsp3) is 0.385. The lowest BCUT2D eigenvalue weighted by Gasteiger charge is -2.21. The van der Waals surface area contributed by atoms with Crippen LogP contribution >= 0.6 is 0 Å². The van der Waals surface area contributed by atoms with Gasteiger partial charge in [0, 0.05) is 36.0 Å². The first-order valence-corrected chi connectivity index (χ1v) is 11.4. The molecule has 0 bridgehead atoms. The van der Waals surface area contributed by atoms with E-state index < -0.39 is 0 Å². The highest BCUT2D eigenvalue weighted by Crippen LogP contribution is 2.35. The van der Waals surface area contributed by atoms with Crippen molar-refractivity contribution in [3.63, 3.8) is 0 Å². The number of methoxy groups -OCH3 is 3. The van der Waals surface area contributed by atoms with Crippen molar-refractivity contribution < 1.29 is 14.2 Å². The Balaban J connectivity index is 1.72. The van der Waals surface area contributed by atoms with Gasteiger partial charge in [-0.25, -0.2) is 0 Å². The lowest BCUT2D eigenvalue weighted by atomic mass is 10.0. The van der Waals surface area contributed by atoms with Crippen LogP contribution in [0.15, 0.2) is 41.2 Å². The average Bonchev–Trinajstić information content (AvgIpc) is 3.56. The van der Waals surface area contributed by atoms with Crippen LogP contribution in [-0.2, 0) is 12.8 Å². The third-order valence-corrected chi connectivity index (χ3v) is 6.64. The summed E-state index contributed by atoms with van der Waals surface area (Å²) in [6.07, 6.45) is 4.88. The third kappa shape index (κ3) is 3.81. The second-order valence-electron chi connectivity index (χ2n) is 8.53. The number of hydrogen-bond donors (Lipinski definition) is 0. The maximum atomic E-state index is 13.6. The van der Waals surface area contributed by atoms with E-state index in [0.29, 0.717) is 22.9 Å². The number of hydrogen-bond acceptors (Lipinski definition) is 6. The summed E-state index contributed by atoms with van der Waals surface area (Å²) in [4.78, 5) is 15.9. The van der Waals surface area contributed by atoms with E-state index in [1.54, 1.807) is 21.3 Å². The van der Waals surface area contributed by atoms with Gasteiger partial charge in [-0.2, -0.15) is 9.78 Å². The Bertz CT molecular complexity index is 1220. The molecule has 3 aromatic rings. The van der Waals surface area contributed by atoms with Crippen LogP contribution in [0.2, 0.25) is 0 Å². The topological polar surface area (TPSA) is 65.8 Å². The van der Waals surface area contributed by atoms with E-state index in [9.17, 15) is 4.79 Å². The number of aromatic nitrogens is 2. The van der Waals surface area contributed by atoms with Crippen molar-refractivity contribution in [2.45, 2.75) is 32.1 Å². The minimum absolute atomic E-state index is 0.0713. The summed E-state index contributed by atoms with van der Waals surface area (Å²) in [6, 6.07) is 11.7. The molecule has 2 aliphatic rings. The van der Waals surface area contributed by atoms with Crippen LogP contribution < -0.4 is 24.7 Å². The lowest BCUT2D eigenvalue weighted by Crippen LogP contribution is -2.27. The molecule has 0 atom stereocenters. The normalized spacial score (nSPS) is 14.9. The summed E-state index contributed by atoms with van der Waals surface area (Å²) in [5.74, 6) is 1.99. The van der Waals surface area contributed by atoms with Gasteiger partial charge in [0.1, 0.15) is 22.9 Å². The molecule has 0 unspecified atom stereocenters. The van der Waals surface area contributed by atoms with E-state index in [1.807, 2.05) is 30.3 Å². The first kappa shape index (κ1) is 21.4. The van der Waals surface area contributed by atoms with Gasteiger partial charge >= 0.3 is 0 Å². The number of ether oxygens (including phenoxy) is 3. The largest absolute Gasteiger partial charge is 0.497 e. The minimum atomic E-state index is -0.0713. The molecule has 1 aromatic heterocycles. The molecule has 1 saturated heterocycles. The minimum Gasteiger partial charge on any atom is -0.497 e. The number of fused-ring (bicyclic) bond motifs is 1. The summed E-state index contributed by atoms with van der Waals surface area (Å²) in [5, 5.41) is 4.91. The van der Waals surface area contributed by atoms with Crippen LogP contribution in [0.4, 0.5) is 5.69 Å². The summed E-state index contributed by atoms with van der Waals surface area (Å²) in [6.45, 7) is 2.04. The van der Waals surface area contributed by atoms with E-state index in [2.05, 4.69) is 11.0 Å². The number of anilines is 1.